The maximum Gasteiger partial charge on any atom is 0.327 e. The fraction of sp³-hybridized carbons (Fsp3) is 0.286. The fourth-order valence-electron chi connectivity index (χ4n) is 2.04. The third-order valence-electron chi connectivity index (χ3n) is 3.19. The molecule has 1 heterocycles. The van der Waals surface area contributed by atoms with Crippen LogP contribution in [0.15, 0.2) is 30.4 Å². The lowest BCUT2D eigenvalue weighted by Gasteiger charge is -2.15. The van der Waals surface area contributed by atoms with E-state index in [1.807, 2.05) is 32.0 Å². The maximum absolute atomic E-state index is 11.8. The molecular formula is C14H15NO3. The smallest absolute Gasteiger partial charge is 0.327 e. The number of allylic oxidation sites excluding steroid dienone is 1. The summed E-state index contributed by atoms with van der Waals surface area (Å²) >= 11 is 0. The van der Waals surface area contributed by atoms with Gasteiger partial charge in [-0.2, -0.15) is 0 Å². The Morgan fingerprint density at radius 2 is 2.17 bits per heavy atom. The first-order valence-corrected chi connectivity index (χ1v) is 5.75. The van der Waals surface area contributed by atoms with Crippen LogP contribution in [0.5, 0.6) is 0 Å². The van der Waals surface area contributed by atoms with Gasteiger partial charge in [-0.3, -0.25) is 4.79 Å². The van der Waals surface area contributed by atoms with Gasteiger partial charge in [-0.05, 0) is 37.5 Å². The van der Waals surface area contributed by atoms with Crippen molar-refractivity contribution in [2.45, 2.75) is 25.7 Å². The summed E-state index contributed by atoms with van der Waals surface area (Å²) < 4.78 is 0. The number of carbonyl (C=O) groups excluding carboxylic acids is 1. The molecule has 0 saturated heterocycles. The molecule has 18 heavy (non-hydrogen) atoms. The van der Waals surface area contributed by atoms with Crippen molar-refractivity contribution in [3.8, 4) is 0 Å². The van der Waals surface area contributed by atoms with Crippen molar-refractivity contribution in [3.63, 3.8) is 0 Å². The molecule has 0 saturated carbocycles. The van der Waals surface area contributed by atoms with Gasteiger partial charge in [0, 0.05) is 11.8 Å². The number of hydrogen-bond donors (Lipinski definition) is 2. The number of carboxylic acid groups (broad SMARTS) is 1. The fourth-order valence-corrected chi connectivity index (χ4v) is 2.04. The van der Waals surface area contributed by atoms with Gasteiger partial charge in [0.05, 0.1) is 5.41 Å². The summed E-state index contributed by atoms with van der Waals surface area (Å²) in [5.41, 5.74) is 2.28. The van der Waals surface area contributed by atoms with Crippen molar-refractivity contribution in [3.05, 3.63) is 41.5 Å². The molecule has 4 heteroatoms. The number of aliphatic carboxylic acids is 1. The zero-order valence-electron chi connectivity index (χ0n) is 10.4. The van der Waals surface area contributed by atoms with Crippen molar-refractivity contribution in [1.82, 2.24) is 0 Å². The number of hydrogen-bond acceptors (Lipinski definition) is 2. The highest BCUT2D eigenvalue weighted by Gasteiger charge is 2.38. The van der Waals surface area contributed by atoms with Crippen LogP contribution in [0.1, 0.15) is 25.0 Å². The van der Waals surface area contributed by atoms with Crippen molar-refractivity contribution in [2.75, 3.05) is 5.32 Å². The first kappa shape index (κ1) is 12.4. The van der Waals surface area contributed by atoms with Gasteiger partial charge in [-0.25, -0.2) is 4.79 Å². The molecule has 1 aliphatic heterocycles. The Morgan fingerprint density at radius 1 is 1.44 bits per heavy atom. The molecule has 0 atom stereocenters. The minimum absolute atomic E-state index is 0.00396. The minimum atomic E-state index is -0.951. The molecular weight excluding hydrogens is 230 g/mol. The summed E-state index contributed by atoms with van der Waals surface area (Å²) in [7, 11) is 0. The average Bonchev–Trinajstić information content (AvgIpc) is 2.51. The maximum atomic E-state index is 11.8. The van der Waals surface area contributed by atoms with E-state index in [1.54, 1.807) is 6.08 Å². The third-order valence-corrected chi connectivity index (χ3v) is 3.19. The first-order valence-electron chi connectivity index (χ1n) is 5.75. The van der Waals surface area contributed by atoms with E-state index in [0.717, 1.165) is 22.9 Å². The average molecular weight is 245 g/mol. The molecule has 0 fully saturated rings. The molecule has 1 aromatic rings. The zero-order valence-corrected chi connectivity index (χ0v) is 10.4. The summed E-state index contributed by atoms with van der Waals surface area (Å²) in [6.45, 7) is 3.76. The van der Waals surface area contributed by atoms with Crippen LogP contribution in [0.2, 0.25) is 0 Å². The molecule has 1 aliphatic rings. The quantitative estimate of drug-likeness (QED) is 0.801. The van der Waals surface area contributed by atoms with Gasteiger partial charge in [0.25, 0.3) is 0 Å². The molecule has 2 rings (SSSR count). The van der Waals surface area contributed by atoms with E-state index in [9.17, 15) is 9.59 Å². The molecule has 0 spiro atoms. The molecule has 1 amide bonds. The van der Waals surface area contributed by atoms with Crippen LogP contribution in [0.25, 0.3) is 0 Å². The molecule has 0 unspecified atom stereocenters. The van der Waals surface area contributed by atoms with Crippen molar-refractivity contribution >= 4 is 17.6 Å². The van der Waals surface area contributed by atoms with E-state index in [4.69, 9.17) is 5.11 Å². The summed E-state index contributed by atoms with van der Waals surface area (Å²) in [5, 5.41) is 11.4. The topological polar surface area (TPSA) is 66.4 Å². The number of carbonyl (C=O) groups is 2. The normalized spacial score (nSPS) is 16.7. The predicted molar refractivity (Wildman–Crippen MR) is 68.6 cm³/mol. The summed E-state index contributed by atoms with van der Waals surface area (Å²) in [4.78, 5) is 22.1. The number of benzene rings is 1. The lowest BCUT2D eigenvalue weighted by Crippen LogP contribution is -2.26. The van der Waals surface area contributed by atoms with Crippen LogP contribution in [-0.4, -0.2) is 17.0 Å². The molecule has 2 N–H and O–H groups in total. The summed E-state index contributed by atoms with van der Waals surface area (Å²) in [5.74, 6) is -0.955. The number of nitrogens with one attached hydrogen (secondary N) is 1. The highest BCUT2D eigenvalue weighted by Crippen LogP contribution is 2.37. The second kappa shape index (κ2) is 4.29. The van der Waals surface area contributed by atoms with Crippen LogP contribution in [-0.2, 0) is 21.4 Å². The van der Waals surface area contributed by atoms with Crippen LogP contribution in [0.3, 0.4) is 0 Å². The van der Waals surface area contributed by atoms with Crippen molar-refractivity contribution in [1.29, 1.82) is 0 Å². The molecule has 0 radical (unpaired) electrons. The minimum Gasteiger partial charge on any atom is -0.478 e. The number of anilines is 1. The summed E-state index contributed by atoms with van der Waals surface area (Å²) in [6, 6.07) is 5.72. The van der Waals surface area contributed by atoms with Crippen LogP contribution < -0.4 is 5.32 Å². The molecule has 0 aliphatic carbocycles. The highest BCUT2D eigenvalue weighted by atomic mass is 16.4. The summed E-state index contributed by atoms with van der Waals surface area (Å²) in [6.07, 6.45) is 3.27. The predicted octanol–water partition coefficient (Wildman–Crippen LogP) is 2.10. The lowest BCUT2D eigenvalue weighted by molar-refractivity contribution is -0.131. The second-order valence-corrected chi connectivity index (χ2v) is 4.90. The second-order valence-electron chi connectivity index (χ2n) is 4.90. The Labute approximate surface area is 105 Å². The van der Waals surface area contributed by atoms with Gasteiger partial charge in [-0.15, -0.1) is 0 Å². The zero-order chi connectivity index (χ0) is 13.3. The van der Waals surface area contributed by atoms with Crippen molar-refractivity contribution in [2.24, 2.45) is 0 Å². The SMILES string of the molecule is CC1(C)C(=O)Nc2ccc(C/C=C/C(=O)O)cc21. The largest absolute Gasteiger partial charge is 0.478 e. The van der Waals surface area contributed by atoms with E-state index in [1.165, 1.54) is 0 Å². The number of amides is 1. The van der Waals surface area contributed by atoms with Crippen LogP contribution in [0.4, 0.5) is 5.69 Å². The Balaban J connectivity index is 2.26. The van der Waals surface area contributed by atoms with Gasteiger partial charge in [0.2, 0.25) is 5.91 Å². The Kier molecular flexibility index (Phi) is 2.95. The molecule has 0 bridgehead atoms. The Bertz CT molecular complexity index is 544. The third kappa shape index (κ3) is 2.14. The molecule has 0 aromatic heterocycles. The van der Waals surface area contributed by atoms with Crippen LogP contribution >= 0.6 is 0 Å². The van der Waals surface area contributed by atoms with E-state index in [2.05, 4.69) is 5.32 Å². The van der Waals surface area contributed by atoms with Gasteiger partial charge in [0.1, 0.15) is 0 Å². The van der Waals surface area contributed by atoms with Gasteiger partial charge in [0.15, 0.2) is 0 Å². The van der Waals surface area contributed by atoms with E-state index in [-0.39, 0.29) is 5.91 Å². The molecule has 94 valence electrons. The standard InChI is InChI=1S/C14H15NO3/c1-14(2)10-8-9(4-3-5-12(16)17)6-7-11(10)15-13(14)18/h3,5-8H,4H2,1-2H3,(H,15,18)(H,16,17)/b5-3+. The number of carboxylic acids is 1. The number of rotatable bonds is 3. The van der Waals surface area contributed by atoms with E-state index in [0.29, 0.717) is 6.42 Å². The monoisotopic (exact) mass is 245 g/mol. The first-order chi connectivity index (χ1) is 8.41. The lowest BCUT2D eigenvalue weighted by atomic mass is 9.85. The van der Waals surface area contributed by atoms with Crippen LogP contribution in [0, 0.1) is 0 Å². The van der Waals surface area contributed by atoms with Crippen molar-refractivity contribution < 1.29 is 14.7 Å². The van der Waals surface area contributed by atoms with E-state index >= 15 is 0 Å². The number of fused-ring (bicyclic) bond motifs is 1. The Hall–Kier alpha value is -2.10. The van der Waals surface area contributed by atoms with Gasteiger partial charge < -0.3 is 10.4 Å². The highest BCUT2D eigenvalue weighted by molar-refractivity contribution is 6.05. The molecule has 4 nitrogen and oxygen atoms in total. The Morgan fingerprint density at radius 3 is 2.83 bits per heavy atom. The molecule has 1 aromatic carbocycles. The van der Waals surface area contributed by atoms with Gasteiger partial charge in [-0.1, -0.05) is 18.2 Å². The van der Waals surface area contributed by atoms with Gasteiger partial charge >= 0.3 is 5.97 Å². The van der Waals surface area contributed by atoms with E-state index < -0.39 is 11.4 Å².